The minimum atomic E-state index is -0.177. The van der Waals surface area contributed by atoms with Crippen LogP contribution in [0.2, 0.25) is 0 Å². The molecule has 4 aromatic rings. The van der Waals surface area contributed by atoms with Crippen LogP contribution in [0, 0.1) is 0 Å². The highest BCUT2D eigenvalue weighted by Crippen LogP contribution is 2.33. The molecule has 174 valence electrons. The molecule has 1 atom stereocenters. The average Bonchev–Trinajstić information content (AvgIpc) is 3.26. The standard InChI is InChI=1S/C26H29N7O/c1-16(2)17-8-10-20(11-9-17)31-26(34)19-6-3-5-18(13-19)23-22-24(27)29-15-30-25(22)33(32-23)21-7-4-12-28-14-21/h3,5-6,8-11,13,15-16,21,28H,4,7,12,14H2,1-2H3,(H,31,34)(H2,27,29,30)/t21-/m1/s1. The van der Waals surface area contributed by atoms with Gasteiger partial charge in [-0.15, -0.1) is 0 Å². The minimum absolute atomic E-state index is 0.177. The van der Waals surface area contributed by atoms with E-state index in [0.717, 1.165) is 48.2 Å². The van der Waals surface area contributed by atoms with Crippen LogP contribution in [-0.4, -0.2) is 38.7 Å². The van der Waals surface area contributed by atoms with Gasteiger partial charge in [0.25, 0.3) is 5.91 Å². The highest BCUT2D eigenvalue weighted by atomic mass is 16.1. The zero-order chi connectivity index (χ0) is 23.7. The number of fused-ring (bicyclic) bond motifs is 1. The van der Waals surface area contributed by atoms with Gasteiger partial charge in [0, 0.05) is 23.4 Å². The molecular weight excluding hydrogens is 426 g/mol. The van der Waals surface area contributed by atoms with Crippen LogP contribution < -0.4 is 16.4 Å². The molecule has 0 bridgehead atoms. The predicted octanol–water partition coefficient (Wildman–Crippen LogP) is 4.38. The van der Waals surface area contributed by atoms with E-state index in [0.29, 0.717) is 23.0 Å². The van der Waals surface area contributed by atoms with E-state index in [2.05, 4.69) is 34.4 Å². The number of nitrogens with zero attached hydrogens (tertiary/aromatic N) is 4. The summed E-state index contributed by atoms with van der Waals surface area (Å²) in [6, 6.07) is 15.6. The van der Waals surface area contributed by atoms with Gasteiger partial charge in [-0.1, -0.05) is 38.1 Å². The Morgan fingerprint density at radius 1 is 1.18 bits per heavy atom. The molecule has 2 aromatic heterocycles. The Labute approximate surface area is 198 Å². The number of aromatic nitrogens is 4. The Hall–Kier alpha value is -3.78. The summed E-state index contributed by atoms with van der Waals surface area (Å²) < 4.78 is 1.96. The Morgan fingerprint density at radius 2 is 2.00 bits per heavy atom. The molecule has 2 aromatic carbocycles. The van der Waals surface area contributed by atoms with Crippen LogP contribution in [0.25, 0.3) is 22.3 Å². The monoisotopic (exact) mass is 455 g/mol. The first-order valence-electron chi connectivity index (χ1n) is 11.7. The molecule has 5 rings (SSSR count). The van der Waals surface area contributed by atoms with E-state index in [1.807, 2.05) is 47.1 Å². The normalized spacial score (nSPS) is 16.1. The molecule has 1 saturated heterocycles. The zero-order valence-corrected chi connectivity index (χ0v) is 19.5. The van der Waals surface area contributed by atoms with Crippen molar-refractivity contribution in [3.8, 4) is 11.3 Å². The lowest BCUT2D eigenvalue weighted by atomic mass is 10.0. The molecule has 1 fully saturated rings. The summed E-state index contributed by atoms with van der Waals surface area (Å²) >= 11 is 0. The summed E-state index contributed by atoms with van der Waals surface area (Å²) in [7, 11) is 0. The van der Waals surface area contributed by atoms with Crippen molar-refractivity contribution >= 4 is 28.4 Å². The predicted molar refractivity (Wildman–Crippen MR) is 135 cm³/mol. The largest absolute Gasteiger partial charge is 0.383 e. The van der Waals surface area contributed by atoms with Crippen molar-refractivity contribution in [2.75, 3.05) is 24.1 Å². The van der Waals surface area contributed by atoms with Gasteiger partial charge in [-0.05, 0) is 55.1 Å². The number of rotatable bonds is 5. The third kappa shape index (κ3) is 4.24. The number of hydrogen-bond donors (Lipinski definition) is 3. The fourth-order valence-corrected chi connectivity index (χ4v) is 4.46. The lowest BCUT2D eigenvalue weighted by molar-refractivity contribution is 0.102. The second-order valence-electron chi connectivity index (χ2n) is 9.06. The molecule has 1 amide bonds. The molecule has 0 saturated carbocycles. The van der Waals surface area contributed by atoms with Crippen LogP contribution in [0.3, 0.4) is 0 Å². The van der Waals surface area contributed by atoms with Gasteiger partial charge in [0.05, 0.1) is 11.4 Å². The van der Waals surface area contributed by atoms with E-state index in [4.69, 9.17) is 10.8 Å². The van der Waals surface area contributed by atoms with Crippen LogP contribution in [0.4, 0.5) is 11.5 Å². The molecule has 8 nitrogen and oxygen atoms in total. The number of nitrogen functional groups attached to an aromatic ring is 1. The van der Waals surface area contributed by atoms with E-state index in [9.17, 15) is 4.79 Å². The summed E-state index contributed by atoms with van der Waals surface area (Å²) in [5.41, 5.74) is 11.0. The third-order valence-corrected chi connectivity index (χ3v) is 6.37. The number of carbonyl (C=O) groups is 1. The highest BCUT2D eigenvalue weighted by molar-refractivity contribution is 6.06. The number of carbonyl (C=O) groups excluding carboxylic acids is 1. The Kier molecular flexibility index (Phi) is 5.98. The Bertz CT molecular complexity index is 1320. The summed E-state index contributed by atoms with van der Waals surface area (Å²) in [5, 5.41) is 12.1. The summed E-state index contributed by atoms with van der Waals surface area (Å²) in [6.45, 7) is 6.13. The van der Waals surface area contributed by atoms with Gasteiger partial charge >= 0.3 is 0 Å². The first kappa shape index (κ1) is 22.0. The van der Waals surface area contributed by atoms with Gasteiger partial charge in [0.15, 0.2) is 5.65 Å². The van der Waals surface area contributed by atoms with Gasteiger partial charge < -0.3 is 16.4 Å². The number of amides is 1. The number of nitrogens with one attached hydrogen (secondary N) is 2. The van der Waals surface area contributed by atoms with Crippen LogP contribution in [-0.2, 0) is 0 Å². The fourth-order valence-electron chi connectivity index (χ4n) is 4.46. The van der Waals surface area contributed by atoms with E-state index in [1.54, 1.807) is 6.07 Å². The molecule has 0 radical (unpaired) electrons. The van der Waals surface area contributed by atoms with E-state index >= 15 is 0 Å². The van der Waals surface area contributed by atoms with E-state index < -0.39 is 0 Å². The molecule has 0 spiro atoms. The molecule has 8 heteroatoms. The number of nitrogens with two attached hydrogens (primary N) is 1. The van der Waals surface area contributed by atoms with Crippen LogP contribution in [0.1, 0.15) is 54.6 Å². The molecule has 1 aliphatic rings. The maximum absolute atomic E-state index is 13.0. The Morgan fingerprint density at radius 3 is 2.74 bits per heavy atom. The smallest absolute Gasteiger partial charge is 0.255 e. The maximum Gasteiger partial charge on any atom is 0.255 e. The molecule has 1 aliphatic heterocycles. The number of anilines is 2. The lowest BCUT2D eigenvalue weighted by Crippen LogP contribution is -2.32. The van der Waals surface area contributed by atoms with Crippen molar-refractivity contribution in [3.63, 3.8) is 0 Å². The first-order valence-corrected chi connectivity index (χ1v) is 11.7. The van der Waals surface area contributed by atoms with Crippen molar-refractivity contribution in [3.05, 3.63) is 66.0 Å². The van der Waals surface area contributed by atoms with Crippen molar-refractivity contribution in [1.29, 1.82) is 0 Å². The summed E-state index contributed by atoms with van der Waals surface area (Å²) in [5.74, 6) is 0.649. The zero-order valence-electron chi connectivity index (χ0n) is 19.5. The van der Waals surface area contributed by atoms with Gasteiger partial charge in [-0.3, -0.25) is 4.79 Å². The van der Waals surface area contributed by atoms with Gasteiger partial charge in [-0.2, -0.15) is 5.10 Å². The quantitative estimate of drug-likeness (QED) is 0.412. The average molecular weight is 456 g/mol. The summed E-state index contributed by atoms with van der Waals surface area (Å²) in [6.07, 6.45) is 3.57. The second-order valence-corrected chi connectivity index (χ2v) is 9.06. The van der Waals surface area contributed by atoms with Gasteiger partial charge in [-0.25, -0.2) is 14.6 Å². The molecule has 4 N–H and O–H groups in total. The van der Waals surface area contributed by atoms with E-state index in [1.165, 1.54) is 11.9 Å². The minimum Gasteiger partial charge on any atom is -0.383 e. The third-order valence-electron chi connectivity index (χ3n) is 6.37. The molecule has 0 unspecified atom stereocenters. The molecule has 34 heavy (non-hydrogen) atoms. The van der Waals surface area contributed by atoms with Gasteiger partial charge in [0.1, 0.15) is 17.8 Å². The number of piperidine rings is 1. The molecular formula is C26H29N7O. The first-order chi connectivity index (χ1) is 16.5. The van der Waals surface area contributed by atoms with Gasteiger partial charge in [0.2, 0.25) is 0 Å². The lowest BCUT2D eigenvalue weighted by Gasteiger charge is -2.23. The fraction of sp³-hybridized carbons (Fsp3) is 0.308. The highest BCUT2D eigenvalue weighted by Gasteiger charge is 2.24. The summed E-state index contributed by atoms with van der Waals surface area (Å²) in [4.78, 5) is 21.7. The number of benzene rings is 2. The molecule has 3 heterocycles. The molecule has 0 aliphatic carbocycles. The van der Waals surface area contributed by atoms with E-state index in [-0.39, 0.29) is 11.9 Å². The van der Waals surface area contributed by atoms with Crippen LogP contribution in [0.5, 0.6) is 0 Å². The maximum atomic E-state index is 13.0. The topological polar surface area (TPSA) is 111 Å². The van der Waals surface area contributed by atoms with Crippen molar-refractivity contribution in [2.45, 2.75) is 38.6 Å². The van der Waals surface area contributed by atoms with Crippen molar-refractivity contribution < 1.29 is 4.79 Å². The second kappa shape index (κ2) is 9.23. The Balaban J connectivity index is 1.48. The number of hydrogen-bond acceptors (Lipinski definition) is 6. The van der Waals surface area contributed by atoms with Crippen LogP contribution >= 0.6 is 0 Å². The SMILES string of the molecule is CC(C)c1ccc(NC(=O)c2cccc(-c3nn([C@@H]4CCCNC4)c4ncnc(N)c34)c2)cc1. The van der Waals surface area contributed by atoms with Crippen molar-refractivity contribution in [1.82, 2.24) is 25.1 Å². The van der Waals surface area contributed by atoms with Crippen molar-refractivity contribution in [2.24, 2.45) is 0 Å². The van der Waals surface area contributed by atoms with Crippen LogP contribution in [0.15, 0.2) is 54.9 Å².